The smallest absolute Gasteiger partial charge is 0.174 e. The molecule has 0 saturated carbocycles. The lowest BCUT2D eigenvalue weighted by molar-refractivity contribution is 0.0688. The molecule has 0 amide bonds. The third-order valence-corrected chi connectivity index (χ3v) is 20.8. The van der Waals surface area contributed by atoms with Gasteiger partial charge in [0.2, 0.25) is 0 Å². The highest BCUT2D eigenvalue weighted by molar-refractivity contribution is 7.38. The van der Waals surface area contributed by atoms with E-state index in [1.165, 1.54) is 18.9 Å². The van der Waals surface area contributed by atoms with Gasteiger partial charge in [0.25, 0.3) is 0 Å². The average Bonchev–Trinajstić information content (AvgIpc) is 1.98. The SMILES string of the molecule is CCC1(C)CC[Si](C)(C)[Si](C)(C)O1. The molecule has 0 aromatic rings. The van der Waals surface area contributed by atoms with Crippen molar-refractivity contribution in [3.63, 3.8) is 0 Å². The zero-order valence-electron chi connectivity index (χ0n) is 10.0. The zero-order chi connectivity index (χ0) is 10.3. The van der Waals surface area contributed by atoms with E-state index in [4.69, 9.17) is 4.43 Å². The highest BCUT2D eigenvalue weighted by Crippen LogP contribution is 2.40. The Hall–Kier alpha value is 0.394. The van der Waals surface area contributed by atoms with Crippen LogP contribution >= 0.6 is 0 Å². The molecule has 1 aliphatic heterocycles. The van der Waals surface area contributed by atoms with Crippen LogP contribution in [0.4, 0.5) is 0 Å². The molecule has 1 heterocycles. The van der Waals surface area contributed by atoms with Crippen LogP contribution in [0.3, 0.4) is 0 Å². The molecule has 0 radical (unpaired) electrons. The predicted molar refractivity (Wildman–Crippen MR) is 64.2 cm³/mol. The second-order valence-electron chi connectivity index (χ2n) is 5.80. The molecule has 1 unspecified atom stereocenters. The molecule has 0 bridgehead atoms. The summed E-state index contributed by atoms with van der Waals surface area (Å²) in [6.07, 6.45) is 2.47. The van der Waals surface area contributed by atoms with E-state index in [9.17, 15) is 0 Å². The first-order chi connectivity index (χ1) is 5.72. The molecule has 1 rings (SSSR count). The lowest BCUT2D eigenvalue weighted by atomic mass is 10.0. The van der Waals surface area contributed by atoms with Crippen molar-refractivity contribution in [3.05, 3.63) is 0 Å². The van der Waals surface area contributed by atoms with Gasteiger partial charge in [0.1, 0.15) is 0 Å². The number of rotatable bonds is 1. The van der Waals surface area contributed by atoms with Crippen LogP contribution in [0.1, 0.15) is 26.7 Å². The Morgan fingerprint density at radius 1 is 1.23 bits per heavy atom. The van der Waals surface area contributed by atoms with E-state index >= 15 is 0 Å². The summed E-state index contributed by atoms with van der Waals surface area (Å²) in [6, 6.07) is 1.47. The van der Waals surface area contributed by atoms with Crippen molar-refractivity contribution in [3.8, 4) is 0 Å². The van der Waals surface area contributed by atoms with E-state index in [0.29, 0.717) is 0 Å². The van der Waals surface area contributed by atoms with E-state index in [-0.39, 0.29) is 5.60 Å². The molecule has 0 aromatic carbocycles. The van der Waals surface area contributed by atoms with Gasteiger partial charge in [-0.05, 0) is 32.9 Å². The number of hydrogen-bond donors (Lipinski definition) is 0. The van der Waals surface area contributed by atoms with Crippen LogP contribution in [0.25, 0.3) is 0 Å². The van der Waals surface area contributed by atoms with E-state index in [0.717, 1.165) is 0 Å². The molecular weight excluding hydrogens is 192 g/mol. The van der Waals surface area contributed by atoms with Crippen molar-refractivity contribution in [2.45, 2.75) is 64.5 Å². The lowest BCUT2D eigenvalue weighted by Crippen LogP contribution is -2.64. The van der Waals surface area contributed by atoms with Crippen molar-refractivity contribution < 1.29 is 4.43 Å². The first-order valence-electron chi connectivity index (χ1n) is 5.43. The average molecular weight is 216 g/mol. The van der Waals surface area contributed by atoms with E-state index in [1.54, 1.807) is 0 Å². The number of hydrogen-bond acceptors (Lipinski definition) is 1. The van der Waals surface area contributed by atoms with Crippen LogP contribution in [-0.4, -0.2) is 21.0 Å². The molecule has 1 fully saturated rings. The zero-order valence-corrected chi connectivity index (χ0v) is 12.0. The summed E-state index contributed by atoms with van der Waals surface area (Å²) in [6.45, 7) is 14.4. The van der Waals surface area contributed by atoms with Gasteiger partial charge >= 0.3 is 0 Å². The summed E-state index contributed by atoms with van der Waals surface area (Å²) >= 11 is 0. The lowest BCUT2D eigenvalue weighted by Gasteiger charge is -2.50. The van der Waals surface area contributed by atoms with Crippen LogP contribution in [0.2, 0.25) is 32.2 Å². The molecule has 1 nitrogen and oxygen atoms in total. The Labute approximate surface area is 84.8 Å². The topological polar surface area (TPSA) is 9.23 Å². The molecule has 0 aliphatic carbocycles. The standard InChI is InChI=1S/C10H24OSi2/c1-7-10(2)8-9-12(3,4)13(5,6)11-10/h7-9H2,1-6H3. The molecule has 1 saturated heterocycles. The second-order valence-corrected chi connectivity index (χ2v) is 21.0. The molecule has 13 heavy (non-hydrogen) atoms. The maximum absolute atomic E-state index is 6.43. The Balaban J connectivity index is 2.82. The monoisotopic (exact) mass is 216 g/mol. The fraction of sp³-hybridized carbons (Fsp3) is 1.00. The van der Waals surface area contributed by atoms with Crippen molar-refractivity contribution in [2.75, 3.05) is 0 Å². The van der Waals surface area contributed by atoms with Crippen LogP contribution < -0.4 is 0 Å². The molecular formula is C10H24OSi2. The largest absolute Gasteiger partial charge is 0.415 e. The second kappa shape index (κ2) is 3.21. The molecule has 1 atom stereocenters. The minimum atomic E-state index is -1.34. The molecule has 0 spiro atoms. The van der Waals surface area contributed by atoms with Crippen LogP contribution in [-0.2, 0) is 4.43 Å². The van der Waals surface area contributed by atoms with Gasteiger partial charge in [0.05, 0.1) is 13.2 Å². The van der Waals surface area contributed by atoms with E-state index in [2.05, 4.69) is 40.0 Å². The van der Waals surface area contributed by atoms with Gasteiger partial charge in [-0.2, -0.15) is 0 Å². The first-order valence-corrected chi connectivity index (χ1v) is 12.5. The predicted octanol–water partition coefficient (Wildman–Crippen LogP) is 3.57. The van der Waals surface area contributed by atoms with Gasteiger partial charge in [-0.15, -0.1) is 0 Å². The Bertz CT molecular complexity index is 201. The summed E-state index contributed by atoms with van der Waals surface area (Å²) in [5.74, 6) is 0. The van der Waals surface area contributed by atoms with Gasteiger partial charge in [-0.25, -0.2) is 0 Å². The van der Waals surface area contributed by atoms with Gasteiger partial charge in [0.15, 0.2) is 7.83 Å². The molecule has 0 N–H and O–H groups in total. The fourth-order valence-electron chi connectivity index (χ4n) is 1.93. The van der Waals surface area contributed by atoms with Gasteiger partial charge in [0, 0.05) is 0 Å². The molecule has 78 valence electrons. The molecule has 3 heteroatoms. The van der Waals surface area contributed by atoms with Gasteiger partial charge in [-0.3, -0.25) is 0 Å². The van der Waals surface area contributed by atoms with Crippen LogP contribution in [0, 0.1) is 0 Å². The van der Waals surface area contributed by atoms with Gasteiger partial charge < -0.3 is 4.43 Å². The van der Waals surface area contributed by atoms with Crippen molar-refractivity contribution in [2.24, 2.45) is 0 Å². The Morgan fingerprint density at radius 3 is 2.15 bits per heavy atom. The van der Waals surface area contributed by atoms with Crippen LogP contribution in [0.5, 0.6) is 0 Å². The quantitative estimate of drug-likeness (QED) is 0.609. The Morgan fingerprint density at radius 2 is 1.77 bits per heavy atom. The maximum Gasteiger partial charge on any atom is 0.174 e. The highest BCUT2D eigenvalue weighted by Gasteiger charge is 2.50. The maximum atomic E-state index is 6.43. The minimum Gasteiger partial charge on any atom is -0.415 e. The summed E-state index contributed by atoms with van der Waals surface area (Å²) in [5.41, 5.74) is 0.207. The Kier molecular flexibility index (Phi) is 2.83. The summed E-state index contributed by atoms with van der Waals surface area (Å²) in [7, 11) is -2.34. The minimum absolute atomic E-state index is 0.207. The van der Waals surface area contributed by atoms with Gasteiger partial charge in [-0.1, -0.05) is 26.1 Å². The normalized spacial score (nSPS) is 37.4. The summed E-state index contributed by atoms with van der Waals surface area (Å²) < 4.78 is 6.43. The third kappa shape index (κ3) is 2.08. The third-order valence-electron chi connectivity index (χ3n) is 4.16. The fourth-order valence-corrected chi connectivity index (χ4v) is 9.19. The highest BCUT2D eigenvalue weighted by atomic mass is 29.3. The summed E-state index contributed by atoms with van der Waals surface area (Å²) in [4.78, 5) is 0. The van der Waals surface area contributed by atoms with E-state index in [1.807, 2.05) is 0 Å². The van der Waals surface area contributed by atoms with Crippen molar-refractivity contribution >= 4 is 15.4 Å². The van der Waals surface area contributed by atoms with Crippen molar-refractivity contribution in [1.82, 2.24) is 0 Å². The molecule has 0 aromatic heterocycles. The summed E-state index contributed by atoms with van der Waals surface area (Å²) in [5, 5.41) is 0. The molecule has 1 aliphatic rings. The van der Waals surface area contributed by atoms with E-state index < -0.39 is 15.4 Å². The van der Waals surface area contributed by atoms with Crippen LogP contribution in [0.15, 0.2) is 0 Å². The first kappa shape index (κ1) is 11.5. The van der Waals surface area contributed by atoms with Crippen molar-refractivity contribution in [1.29, 1.82) is 0 Å².